The van der Waals surface area contributed by atoms with E-state index in [4.69, 9.17) is 4.42 Å². The largest absolute Gasteiger partial charge is 0.456 e. The van der Waals surface area contributed by atoms with E-state index in [1.54, 1.807) is 0 Å². The Labute approximate surface area is 359 Å². The average molecular weight is 798 g/mol. The van der Waals surface area contributed by atoms with E-state index in [1.807, 2.05) is 11.8 Å². The van der Waals surface area contributed by atoms with Crippen molar-refractivity contribution in [2.75, 3.05) is 4.90 Å². The van der Waals surface area contributed by atoms with Gasteiger partial charge in [0, 0.05) is 31.8 Å². The second kappa shape index (κ2) is 12.7. The van der Waals surface area contributed by atoms with Crippen molar-refractivity contribution in [3.05, 3.63) is 234 Å². The van der Waals surface area contributed by atoms with Crippen LogP contribution < -0.4 is 4.90 Å². The second-order valence-corrected chi connectivity index (χ2v) is 18.2. The van der Waals surface area contributed by atoms with Crippen LogP contribution in [-0.4, -0.2) is 0 Å². The van der Waals surface area contributed by atoms with Gasteiger partial charge in [0.25, 0.3) is 0 Å². The van der Waals surface area contributed by atoms with Crippen molar-refractivity contribution in [3.63, 3.8) is 0 Å². The number of rotatable bonds is 4. The zero-order valence-corrected chi connectivity index (χ0v) is 34.6. The Balaban J connectivity index is 1.07. The first kappa shape index (κ1) is 34.8. The van der Waals surface area contributed by atoms with Crippen molar-refractivity contribution >= 4 is 50.8 Å². The summed E-state index contributed by atoms with van der Waals surface area (Å²) in [6.07, 6.45) is 0. The molecule has 2 nitrogen and oxygen atoms in total. The molecule has 0 saturated carbocycles. The standard InChI is InChI=1S/C58H39NOS/c1-57(2)44-21-8-3-17-39(44)42-32-31-37(35-48(42)57)59(51-26-15-28-53-56(51)43-20-7-13-27-52(43)60-53)50-25-12-6-16-38(50)36-30-33-55-49(34-36)58(47-24-11-14-29-54(47)61-55)45-22-9-4-18-40(45)41-19-5-10-23-46(41)58/h3-35H,1-2H3. The summed E-state index contributed by atoms with van der Waals surface area (Å²) in [6, 6.07) is 74.3. The number of nitrogens with zero attached hydrogens (tertiary/aromatic N) is 1. The molecule has 61 heavy (non-hydrogen) atoms. The third-order valence-electron chi connectivity index (χ3n) is 13.7. The highest BCUT2D eigenvalue weighted by molar-refractivity contribution is 7.99. The van der Waals surface area contributed by atoms with Crippen molar-refractivity contribution in [1.82, 2.24) is 0 Å². The molecule has 9 aromatic carbocycles. The average Bonchev–Trinajstić information content (AvgIpc) is 3.91. The molecule has 13 rings (SSSR count). The number of benzene rings is 9. The van der Waals surface area contributed by atoms with Crippen molar-refractivity contribution in [3.8, 4) is 33.4 Å². The van der Waals surface area contributed by atoms with Gasteiger partial charge in [-0.1, -0.05) is 171 Å². The lowest BCUT2D eigenvalue weighted by Crippen LogP contribution is -2.32. The fraction of sp³-hybridized carbons (Fsp3) is 0.0690. The monoisotopic (exact) mass is 797 g/mol. The van der Waals surface area contributed by atoms with Crippen LogP contribution in [0.3, 0.4) is 0 Å². The van der Waals surface area contributed by atoms with Crippen LogP contribution >= 0.6 is 11.8 Å². The minimum atomic E-state index is -0.461. The van der Waals surface area contributed by atoms with Crippen molar-refractivity contribution in [2.45, 2.75) is 34.5 Å². The predicted molar refractivity (Wildman–Crippen MR) is 253 cm³/mol. The molecule has 0 atom stereocenters. The van der Waals surface area contributed by atoms with Gasteiger partial charge in [-0.15, -0.1) is 0 Å². The molecule has 0 N–H and O–H groups in total. The van der Waals surface area contributed by atoms with E-state index >= 15 is 0 Å². The topological polar surface area (TPSA) is 16.4 Å². The summed E-state index contributed by atoms with van der Waals surface area (Å²) in [5.74, 6) is 0. The Hall–Kier alpha value is -7.07. The third kappa shape index (κ3) is 4.70. The molecule has 288 valence electrons. The lowest BCUT2D eigenvalue weighted by Gasteiger charge is -2.40. The molecule has 0 saturated heterocycles. The van der Waals surface area contributed by atoms with Crippen LogP contribution in [0.15, 0.2) is 214 Å². The first-order chi connectivity index (χ1) is 30.0. The van der Waals surface area contributed by atoms with E-state index in [1.165, 1.54) is 71.0 Å². The van der Waals surface area contributed by atoms with Gasteiger partial charge in [-0.3, -0.25) is 0 Å². The fourth-order valence-electron chi connectivity index (χ4n) is 11.1. The number of fused-ring (bicyclic) bond motifs is 15. The number of anilines is 3. The number of para-hydroxylation sites is 2. The lowest BCUT2D eigenvalue weighted by molar-refractivity contribution is 0.660. The van der Waals surface area contributed by atoms with Crippen LogP contribution in [0, 0.1) is 0 Å². The van der Waals surface area contributed by atoms with Crippen LogP contribution in [0.25, 0.3) is 55.3 Å². The molecule has 3 heteroatoms. The normalized spacial score (nSPS) is 14.6. The Morgan fingerprint density at radius 1 is 0.410 bits per heavy atom. The smallest absolute Gasteiger partial charge is 0.137 e. The van der Waals surface area contributed by atoms with Gasteiger partial charge < -0.3 is 9.32 Å². The first-order valence-electron chi connectivity index (χ1n) is 21.2. The van der Waals surface area contributed by atoms with Gasteiger partial charge in [0.1, 0.15) is 11.2 Å². The fourth-order valence-corrected chi connectivity index (χ4v) is 12.3. The van der Waals surface area contributed by atoms with Crippen LogP contribution in [0.4, 0.5) is 17.1 Å². The van der Waals surface area contributed by atoms with Crippen molar-refractivity contribution < 1.29 is 4.42 Å². The summed E-state index contributed by atoms with van der Waals surface area (Å²) in [7, 11) is 0. The van der Waals surface area contributed by atoms with Gasteiger partial charge in [-0.05, 0) is 116 Å². The first-order valence-corrected chi connectivity index (χ1v) is 22.0. The zero-order chi connectivity index (χ0) is 40.5. The molecule has 2 heterocycles. The van der Waals surface area contributed by atoms with Crippen molar-refractivity contribution in [2.24, 2.45) is 0 Å². The van der Waals surface area contributed by atoms with Crippen molar-refractivity contribution in [1.29, 1.82) is 0 Å². The molecular weight excluding hydrogens is 759 g/mol. The molecule has 1 aliphatic heterocycles. The Morgan fingerprint density at radius 2 is 0.984 bits per heavy atom. The Kier molecular flexibility index (Phi) is 7.25. The number of furan rings is 1. The van der Waals surface area contributed by atoms with Gasteiger partial charge in [0.2, 0.25) is 0 Å². The summed E-state index contributed by atoms with van der Waals surface area (Å²) in [5, 5.41) is 2.21. The van der Waals surface area contributed by atoms with Crippen LogP contribution in [-0.2, 0) is 10.8 Å². The van der Waals surface area contributed by atoms with E-state index in [9.17, 15) is 0 Å². The highest BCUT2D eigenvalue weighted by atomic mass is 32.2. The highest BCUT2D eigenvalue weighted by Crippen LogP contribution is 2.63. The molecule has 2 aliphatic carbocycles. The minimum Gasteiger partial charge on any atom is -0.456 e. The molecule has 0 bridgehead atoms. The SMILES string of the molecule is CC1(C)c2ccccc2-c2ccc(N(c3ccccc3-c3ccc4c(c3)C3(c5ccccc5S4)c4ccccc4-c4ccccc43)c3cccc4oc5ccccc5c34)cc21. The Morgan fingerprint density at radius 3 is 1.77 bits per heavy atom. The Bertz CT molecular complexity index is 3420. The van der Waals surface area contributed by atoms with E-state index in [0.717, 1.165) is 44.6 Å². The van der Waals surface area contributed by atoms with Gasteiger partial charge in [-0.2, -0.15) is 0 Å². The van der Waals surface area contributed by atoms with E-state index in [0.29, 0.717) is 0 Å². The van der Waals surface area contributed by atoms with E-state index in [2.05, 4.69) is 219 Å². The summed E-state index contributed by atoms with van der Waals surface area (Å²) < 4.78 is 6.55. The van der Waals surface area contributed by atoms with E-state index < -0.39 is 5.41 Å². The maximum absolute atomic E-state index is 6.55. The van der Waals surface area contributed by atoms with Gasteiger partial charge in [0.15, 0.2) is 0 Å². The van der Waals surface area contributed by atoms with Gasteiger partial charge in [-0.25, -0.2) is 0 Å². The maximum Gasteiger partial charge on any atom is 0.137 e. The molecular formula is C58H39NOS. The van der Waals surface area contributed by atoms with Gasteiger partial charge in [0.05, 0.1) is 22.2 Å². The molecule has 0 radical (unpaired) electrons. The number of hydrogen-bond acceptors (Lipinski definition) is 3. The predicted octanol–water partition coefficient (Wildman–Crippen LogP) is 15.9. The molecule has 3 aliphatic rings. The molecule has 0 fully saturated rings. The van der Waals surface area contributed by atoms with Gasteiger partial charge >= 0.3 is 0 Å². The molecule has 10 aromatic rings. The van der Waals surface area contributed by atoms with Crippen LogP contribution in [0.2, 0.25) is 0 Å². The third-order valence-corrected chi connectivity index (χ3v) is 14.9. The summed E-state index contributed by atoms with van der Waals surface area (Å²) >= 11 is 1.89. The summed E-state index contributed by atoms with van der Waals surface area (Å²) in [5.41, 5.74) is 20.1. The zero-order valence-electron chi connectivity index (χ0n) is 33.8. The molecule has 0 unspecified atom stereocenters. The minimum absolute atomic E-state index is 0.157. The van der Waals surface area contributed by atoms with Crippen LogP contribution in [0.5, 0.6) is 0 Å². The molecule has 1 spiro atoms. The van der Waals surface area contributed by atoms with Crippen LogP contribution in [0.1, 0.15) is 47.2 Å². The summed E-state index contributed by atoms with van der Waals surface area (Å²) in [4.78, 5) is 5.08. The summed E-state index contributed by atoms with van der Waals surface area (Å²) in [6.45, 7) is 4.73. The van der Waals surface area contributed by atoms with E-state index in [-0.39, 0.29) is 5.41 Å². The lowest BCUT2D eigenvalue weighted by atomic mass is 9.67. The molecule has 1 aromatic heterocycles. The highest BCUT2D eigenvalue weighted by Gasteiger charge is 2.50. The molecule has 0 amide bonds. The quantitative estimate of drug-likeness (QED) is 0.176. The maximum atomic E-state index is 6.55. The number of hydrogen-bond donors (Lipinski definition) is 0. The second-order valence-electron chi connectivity index (χ2n) is 17.2.